The first-order chi connectivity index (χ1) is 11.4. The zero-order valence-corrected chi connectivity index (χ0v) is 15.4. The van der Waals surface area contributed by atoms with Crippen LogP contribution in [-0.4, -0.2) is 38.6 Å². The van der Waals surface area contributed by atoms with Gasteiger partial charge in [0.2, 0.25) is 15.9 Å². The zero-order valence-electron chi connectivity index (χ0n) is 14.6. The molecule has 1 saturated heterocycles. The van der Waals surface area contributed by atoms with Crippen LogP contribution in [0.2, 0.25) is 0 Å². The van der Waals surface area contributed by atoms with E-state index in [2.05, 4.69) is 10.0 Å². The summed E-state index contributed by atoms with van der Waals surface area (Å²) in [5.41, 5.74) is 4.40. The normalized spacial score (nSPS) is 18.0. The molecule has 0 aromatic heterocycles. The van der Waals surface area contributed by atoms with Crippen LogP contribution < -0.4 is 15.8 Å². The molecule has 25 heavy (non-hydrogen) atoms. The minimum atomic E-state index is -4.07. The fraction of sp³-hybridized carbons (Fsp3) is 0.562. The zero-order chi connectivity index (χ0) is 18.9. The molecule has 1 heterocycles. The lowest BCUT2D eigenvalue weighted by Crippen LogP contribution is -2.54. The molecule has 1 aromatic carbocycles. The summed E-state index contributed by atoms with van der Waals surface area (Å²) in [6, 6.07) is 3.38. The van der Waals surface area contributed by atoms with Crippen molar-refractivity contribution in [1.82, 2.24) is 4.72 Å². The smallest absolute Gasteiger partial charge is 0.244 e. The summed E-state index contributed by atoms with van der Waals surface area (Å²) < 4.78 is 46.3. The Morgan fingerprint density at radius 3 is 2.44 bits per heavy atom. The molecule has 0 bridgehead atoms. The van der Waals surface area contributed by atoms with Gasteiger partial charge >= 0.3 is 0 Å². The Balaban J connectivity index is 2.25. The quantitative estimate of drug-likeness (QED) is 0.738. The maximum atomic E-state index is 14.0. The lowest BCUT2D eigenvalue weighted by atomic mass is 9.90. The van der Waals surface area contributed by atoms with Gasteiger partial charge in [0.15, 0.2) is 0 Å². The average Bonchev–Trinajstić information content (AvgIpc) is 2.47. The number of rotatable bonds is 4. The Kier molecular flexibility index (Phi) is 5.53. The van der Waals surface area contributed by atoms with E-state index < -0.39 is 37.7 Å². The van der Waals surface area contributed by atoms with E-state index in [4.69, 9.17) is 10.5 Å². The molecular formula is C16H24FN3O4S. The SMILES string of the molecule is CC(C)(C)NS(=O)(=O)c1cc(NC(=O)C2(N)CCOCC2)ccc1F. The largest absolute Gasteiger partial charge is 0.381 e. The van der Waals surface area contributed by atoms with Crippen LogP contribution in [0.1, 0.15) is 33.6 Å². The lowest BCUT2D eigenvalue weighted by Gasteiger charge is -2.31. The maximum absolute atomic E-state index is 14.0. The van der Waals surface area contributed by atoms with Crippen LogP contribution in [-0.2, 0) is 19.6 Å². The molecule has 1 fully saturated rings. The van der Waals surface area contributed by atoms with Gasteiger partial charge in [0.25, 0.3) is 0 Å². The summed E-state index contributed by atoms with van der Waals surface area (Å²) >= 11 is 0. The molecule has 1 aromatic rings. The molecule has 140 valence electrons. The van der Waals surface area contributed by atoms with Gasteiger partial charge in [-0.3, -0.25) is 4.79 Å². The summed E-state index contributed by atoms with van der Waals surface area (Å²) in [7, 11) is -4.07. The standard InChI is InChI=1S/C16H24FN3O4S/c1-15(2,3)20-25(22,23)13-10-11(4-5-12(13)17)19-14(21)16(18)6-8-24-9-7-16/h4-5,10,20H,6-9,18H2,1-3H3,(H,19,21). The van der Waals surface area contributed by atoms with Crippen molar-refractivity contribution in [3.8, 4) is 0 Å². The second-order valence-corrected chi connectivity index (χ2v) is 8.87. The lowest BCUT2D eigenvalue weighted by molar-refractivity contribution is -0.124. The van der Waals surface area contributed by atoms with Crippen LogP contribution in [0.15, 0.2) is 23.1 Å². The molecule has 9 heteroatoms. The van der Waals surface area contributed by atoms with Crippen LogP contribution in [0.25, 0.3) is 0 Å². The van der Waals surface area contributed by atoms with Gasteiger partial charge in [-0.25, -0.2) is 17.5 Å². The minimum absolute atomic E-state index is 0.164. The number of sulfonamides is 1. The second-order valence-electron chi connectivity index (χ2n) is 7.22. The Morgan fingerprint density at radius 1 is 1.28 bits per heavy atom. The van der Waals surface area contributed by atoms with Gasteiger partial charge in [-0.2, -0.15) is 0 Å². The minimum Gasteiger partial charge on any atom is -0.381 e. The molecule has 1 aliphatic heterocycles. The molecule has 1 amide bonds. The first kappa shape index (κ1) is 19.8. The average molecular weight is 373 g/mol. The summed E-state index contributed by atoms with van der Waals surface area (Å²) in [6.45, 7) is 5.71. The molecule has 0 radical (unpaired) electrons. The van der Waals surface area contributed by atoms with Crippen LogP contribution in [0, 0.1) is 5.82 Å². The number of halogens is 1. The fourth-order valence-corrected chi connectivity index (χ4v) is 3.99. The Bertz CT molecular complexity index is 753. The Hall–Kier alpha value is -1.55. The highest BCUT2D eigenvalue weighted by Gasteiger charge is 2.36. The molecule has 0 unspecified atom stereocenters. The predicted octanol–water partition coefficient (Wildman–Crippen LogP) is 1.35. The van der Waals surface area contributed by atoms with Gasteiger partial charge in [0.05, 0.1) is 0 Å². The third-order valence-corrected chi connectivity index (χ3v) is 5.53. The molecule has 1 aliphatic rings. The monoisotopic (exact) mass is 373 g/mol. The third-order valence-electron chi connectivity index (χ3n) is 3.76. The van der Waals surface area contributed by atoms with Crippen molar-refractivity contribution >= 4 is 21.6 Å². The van der Waals surface area contributed by atoms with Crippen molar-refractivity contribution in [2.45, 2.75) is 49.6 Å². The van der Waals surface area contributed by atoms with Crippen molar-refractivity contribution < 1.29 is 22.3 Å². The van der Waals surface area contributed by atoms with Crippen molar-refractivity contribution in [2.75, 3.05) is 18.5 Å². The van der Waals surface area contributed by atoms with Crippen molar-refractivity contribution in [1.29, 1.82) is 0 Å². The summed E-state index contributed by atoms with van der Waals surface area (Å²) in [4.78, 5) is 11.9. The highest BCUT2D eigenvalue weighted by molar-refractivity contribution is 7.89. The van der Waals surface area contributed by atoms with E-state index in [-0.39, 0.29) is 5.69 Å². The summed E-state index contributed by atoms with van der Waals surface area (Å²) in [5.74, 6) is -1.35. The van der Waals surface area contributed by atoms with E-state index in [1.807, 2.05) is 0 Å². The molecule has 0 atom stereocenters. The molecule has 2 rings (SSSR count). The van der Waals surface area contributed by atoms with Gasteiger partial charge in [0.1, 0.15) is 16.3 Å². The molecular weight excluding hydrogens is 349 g/mol. The van der Waals surface area contributed by atoms with E-state index >= 15 is 0 Å². The molecule has 7 nitrogen and oxygen atoms in total. The first-order valence-electron chi connectivity index (χ1n) is 7.95. The number of nitrogens with two attached hydrogens (primary N) is 1. The van der Waals surface area contributed by atoms with Crippen LogP contribution in [0.5, 0.6) is 0 Å². The van der Waals surface area contributed by atoms with Gasteiger partial charge in [0, 0.05) is 24.4 Å². The van der Waals surface area contributed by atoms with Crippen LogP contribution in [0.4, 0.5) is 10.1 Å². The first-order valence-corrected chi connectivity index (χ1v) is 9.43. The van der Waals surface area contributed by atoms with Crippen LogP contribution in [0.3, 0.4) is 0 Å². The third kappa shape index (κ3) is 4.97. The van der Waals surface area contributed by atoms with E-state index in [0.717, 1.165) is 12.1 Å². The summed E-state index contributed by atoms with van der Waals surface area (Å²) in [5, 5.41) is 2.58. The van der Waals surface area contributed by atoms with Gasteiger partial charge in [-0.15, -0.1) is 0 Å². The highest BCUT2D eigenvalue weighted by Crippen LogP contribution is 2.24. The topological polar surface area (TPSA) is 111 Å². The van der Waals surface area contributed by atoms with Gasteiger partial charge < -0.3 is 15.8 Å². The van der Waals surface area contributed by atoms with Gasteiger partial charge in [-0.05, 0) is 51.8 Å². The number of hydrogen-bond acceptors (Lipinski definition) is 5. The number of anilines is 1. The predicted molar refractivity (Wildman–Crippen MR) is 92.1 cm³/mol. The van der Waals surface area contributed by atoms with Gasteiger partial charge in [-0.1, -0.05) is 0 Å². The van der Waals surface area contributed by atoms with Crippen molar-refractivity contribution in [3.63, 3.8) is 0 Å². The number of nitrogens with one attached hydrogen (secondary N) is 2. The van der Waals surface area contributed by atoms with E-state index in [1.54, 1.807) is 20.8 Å². The highest BCUT2D eigenvalue weighted by atomic mass is 32.2. The van der Waals surface area contributed by atoms with E-state index in [9.17, 15) is 17.6 Å². The van der Waals surface area contributed by atoms with Crippen molar-refractivity contribution in [2.24, 2.45) is 5.73 Å². The molecule has 0 saturated carbocycles. The molecule has 0 spiro atoms. The second kappa shape index (κ2) is 6.99. The Morgan fingerprint density at radius 2 is 1.88 bits per heavy atom. The number of ether oxygens (including phenoxy) is 1. The summed E-state index contributed by atoms with van der Waals surface area (Å²) in [6.07, 6.45) is 0.716. The maximum Gasteiger partial charge on any atom is 0.244 e. The molecule has 0 aliphatic carbocycles. The van der Waals surface area contributed by atoms with E-state index in [0.29, 0.717) is 26.1 Å². The number of carbonyl (C=O) groups is 1. The fourth-order valence-electron chi connectivity index (χ4n) is 2.46. The number of benzene rings is 1. The number of hydrogen-bond donors (Lipinski definition) is 3. The number of carbonyl (C=O) groups excluding carboxylic acids is 1. The van der Waals surface area contributed by atoms with Crippen LogP contribution >= 0.6 is 0 Å². The molecule has 4 N–H and O–H groups in total. The van der Waals surface area contributed by atoms with E-state index in [1.165, 1.54) is 6.07 Å². The number of amides is 1. The van der Waals surface area contributed by atoms with Crippen molar-refractivity contribution in [3.05, 3.63) is 24.0 Å². The Labute approximate surface area is 147 Å².